The molecule has 0 radical (unpaired) electrons. The Morgan fingerprint density at radius 2 is 1.76 bits per heavy atom. The van der Waals surface area contributed by atoms with Crippen LogP contribution in [0.25, 0.3) is 0 Å². The zero-order chi connectivity index (χ0) is 14.8. The van der Waals surface area contributed by atoms with E-state index in [-0.39, 0.29) is 29.5 Å². The first-order valence-corrected chi connectivity index (χ1v) is 7.41. The van der Waals surface area contributed by atoms with Gasteiger partial charge in [0.05, 0.1) is 11.8 Å². The molecule has 0 bridgehead atoms. The second kappa shape index (κ2) is 5.80. The first-order valence-electron chi connectivity index (χ1n) is 7.41. The van der Waals surface area contributed by atoms with Gasteiger partial charge in [0.25, 0.3) is 0 Å². The van der Waals surface area contributed by atoms with Gasteiger partial charge in [-0.3, -0.25) is 14.5 Å². The number of carbonyl (C=O) groups is 2. The van der Waals surface area contributed by atoms with Crippen LogP contribution in [0, 0.1) is 17.7 Å². The number of hydrogen-bond acceptors (Lipinski definition) is 2. The van der Waals surface area contributed by atoms with Gasteiger partial charge in [-0.1, -0.05) is 24.3 Å². The summed E-state index contributed by atoms with van der Waals surface area (Å²) in [4.78, 5) is 25.9. The van der Waals surface area contributed by atoms with Crippen LogP contribution in [0.2, 0.25) is 0 Å². The standard InChI is InChI=1S/C17H18FNO2/c18-13-7-3-5-12(11-13)6-4-10-19-16(20)14-8-1-2-9-15(14)17(19)21/h1-3,5,7,11,14-15H,4,6,8-10H2/t14-,15-/m1/s1. The average Bonchev–Trinajstić information content (AvgIpc) is 2.73. The van der Waals surface area contributed by atoms with E-state index in [1.165, 1.54) is 17.0 Å². The van der Waals surface area contributed by atoms with Gasteiger partial charge in [-0.15, -0.1) is 0 Å². The van der Waals surface area contributed by atoms with Crippen molar-refractivity contribution in [2.24, 2.45) is 11.8 Å². The Kier molecular flexibility index (Phi) is 3.86. The number of benzene rings is 1. The molecular formula is C17H18FNO2. The lowest BCUT2D eigenvalue weighted by Gasteiger charge is -2.14. The summed E-state index contributed by atoms with van der Waals surface area (Å²) in [6, 6.07) is 6.45. The van der Waals surface area contributed by atoms with E-state index in [2.05, 4.69) is 0 Å². The number of amides is 2. The molecule has 110 valence electrons. The summed E-state index contributed by atoms with van der Waals surface area (Å²) >= 11 is 0. The molecule has 1 heterocycles. The normalized spacial score (nSPS) is 24.5. The van der Waals surface area contributed by atoms with Gasteiger partial charge in [0.2, 0.25) is 11.8 Å². The van der Waals surface area contributed by atoms with Crippen LogP contribution in [-0.2, 0) is 16.0 Å². The molecule has 1 saturated heterocycles. The van der Waals surface area contributed by atoms with Gasteiger partial charge in [0.1, 0.15) is 5.82 Å². The number of allylic oxidation sites excluding steroid dienone is 2. The second-order valence-corrected chi connectivity index (χ2v) is 5.72. The molecule has 2 aliphatic rings. The van der Waals surface area contributed by atoms with Crippen LogP contribution in [0.5, 0.6) is 0 Å². The van der Waals surface area contributed by atoms with Gasteiger partial charge in [-0.05, 0) is 43.4 Å². The lowest BCUT2D eigenvalue weighted by atomic mass is 9.85. The topological polar surface area (TPSA) is 37.4 Å². The number of fused-ring (bicyclic) bond motifs is 1. The van der Waals surface area contributed by atoms with Gasteiger partial charge in [-0.25, -0.2) is 4.39 Å². The fraction of sp³-hybridized carbons (Fsp3) is 0.412. The minimum absolute atomic E-state index is 0.0337. The highest BCUT2D eigenvalue weighted by atomic mass is 19.1. The number of nitrogens with zero attached hydrogens (tertiary/aromatic N) is 1. The summed E-state index contributed by atoms with van der Waals surface area (Å²) in [5, 5.41) is 0. The highest BCUT2D eigenvalue weighted by Gasteiger charge is 2.46. The number of hydrogen-bond donors (Lipinski definition) is 0. The molecule has 1 aliphatic heterocycles. The van der Waals surface area contributed by atoms with Crippen molar-refractivity contribution in [2.45, 2.75) is 25.7 Å². The van der Waals surface area contributed by atoms with E-state index in [0.717, 1.165) is 5.56 Å². The van der Waals surface area contributed by atoms with Crippen molar-refractivity contribution < 1.29 is 14.0 Å². The van der Waals surface area contributed by atoms with Crippen LogP contribution < -0.4 is 0 Å². The maximum atomic E-state index is 13.1. The fourth-order valence-electron chi connectivity index (χ4n) is 3.22. The lowest BCUT2D eigenvalue weighted by molar-refractivity contribution is -0.139. The third-order valence-corrected chi connectivity index (χ3v) is 4.34. The molecule has 21 heavy (non-hydrogen) atoms. The number of rotatable bonds is 4. The Bertz CT molecular complexity index is 570. The number of imide groups is 1. The highest BCUT2D eigenvalue weighted by molar-refractivity contribution is 6.05. The third kappa shape index (κ3) is 2.75. The SMILES string of the molecule is O=C1[C@@H]2CC=CC[C@H]2C(=O)N1CCCc1cccc(F)c1. The van der Waals surface area contributed by atoms with Gasteiger partial charge in [0.15, 0.2) is 0 Å². The molecule has 4 heteroatoms. The minimum Gasteiger partial charge on any atom is -0.282 e. The predicted octanol–water partition coefficient (Wildman–Crippen LogP) is 2.71. The van der Waals surface area contributed by atoms with Gasteiger partial charge < -0.3 is 0 Å². The molecule has 2 amide bonds. The smallest absolute Gasteiger partial charge is 0.233 e. The Hall–Kier alpha value is -1.97. The summed E-state index contributed by atoms with van der Waals surface area (Å²) < 4.78 is 13.1. The van der Waals surface area contributed by atoms with Crippen molar-refractivity contribution in [2.75, 3.05) is 6.54 Å². The van der Waals surface area contributed by atoms with Crippen molar-refractivity contribution in [1.29, 1.82) is 0 Å². The summed E-state index contributed by atoms with van der Waals surface area (Å²) in [6.07, 6.45) is 6.67. The molecule has 2 atom stereocenters. The maximum absolute atomic E-state index is 13.1. The van der Waals surface area contributed by atoms with Gasteiger partial charge in [0, 0.05) is 6.54 Å². The highest BCUT2D eigenvalue weighted by Crippen LogP contribution is 2.35. The summed E-state index contributed by atoms with van der Waals surface area (Å²) in [6.45, 7) is 0.432. The van der Waals surface area contributed by atoms with E-state index < -0.39 is 0 Å². The molecule has 3 nitrogen and oxygen atoms in total. The molecule has 0 aromatic heterocycles. The zero-order valence-electron chi connectivity index (χ0n) is 11.8. The van der Waals surface area contributed by atoms with Crippen LogP contribution >= 0.6 is 0 Å². The Labute approximate surface area is 123 Å². The quantitative estimate of drug-likeness (QED) is 0.631. The van der Waals surface area contributed by atoms with Gasteiger partial charge in [-0.2, -0.15) is 0 Å². The molecule has 1 aliphatic carbocycles. The van der Waals surface area contributed by atoms with Crippen LogP contribution in [0.15, 0.2) is 36.4 Å². The summed E-state index contributed by atoms with van der Waals surface area (Å²) in [7, 11) is 0. The Balaban J connectivity index is 1.58. The second-order valence-electron chi connectivity index (χ2n) is 5.72. The molecular weight excluding hydrogens is 269 g/mol. The number of likely N-dealkylation sites (tertiary alicyclic amines) is 1. The van der Waals surface area contributed by atoms with E-state index in [9.17, 15) is 14.0 Å². The third-order valence-electron chi connectivity index (χ3n) is 4.34. The van der Waals surface area contributed by atoms with Crippen molar-refractivity contribution in [3.63, 3.8) is 0 Å². The van der Waals surface area contributed by atoms with Gasteiger partial charge >= 0.3 is 0 Å². The van der Waals surface area contributed by atoms with Crippen molar-refractivity contribution in [1.82, 2.24) is 4.90 Å². The lowest BCUT2D eigenvalue weighted by Crippen LogP contribution is -2.32. The molecule has 0 N–H and O–H groups in total. The first-order chi connectivity index (χ1) is 10.2. The molecule has 0 saturated carbocycles. The number of halogens is 1. The van der Waals surface area contributed by atoms with Crippen molar-refractivity contribution in [3.05, 3.63) is 47.8 Å². The summed E-state index contributed by atoms with van der Waals surface area (Å²) in [5.74, 6) is -0.631. The molecule has 3 rings (SSSR count). The molecule has 0 spiro atoms. The average molecular weight is 287 g/mol. The van der Waals surface area contributed by atoms with Crippen LogP contribution in [0.3, 0.4) is 0 Å². The van der Waals surface area contributed by atoms with Crippen molar-refractivity contribution in [3.8, 4) is 0 Å². The van der Waals surface area contributed by atoms with E-state index in [1.54, 1.807) is 6.07 Å². The van der Waals surface area contributed by atoms with E-state index in [0.29, 0.717) is 32.2 Å². The van der Waals surface area contributed by atoms with Crippen LogP contribution in [0.4, 0.5) is 4.39 Å². The van der Waals surface area contributed by atoms with E-state index >= 15 is 0 Å². The van der Waals surface area contributed by atoms with E-state index in [4.69, 9.17) is 0 Å². The molecule has 1 fully saturated rings. The largest absolute Gasteiger partial charge is 0.282 e. The molecule has 1 aromatic carbocycles. The molecule has 1 aromatic rings. The Morgan fingerprint density at radius 3 is 2.38 bits per heavy atom. The van der Waals surface area contributed by atoms with Crippen LogP contribution in [-0.4, -0.2) is 23.3 Å². The Morgan fingerprint density at radius 1 is 1.10 bits per heavy atom. The number of aryl methyl sites for hydroxylation is 1. The first kappa shape index (κ1) is 14.0. The van der Waals surface area contributed by atoms with Crippen molar-refractivity contribution >= 4 is 11.8 Å². The maximum Gasteiger partial charge on any atom is 0.233 e. The monoisotopic (exact) mass is 287 g/mol. The van der Waals surface area contributed by atoms with Crippen LogP contribution in [0.1, 0.15) is 24.8 Å². The molecule has 0 unspecified atom stereocenters. The fourth-order valence-corrected chi connectivity index (χ4v) is 3.22. The predicted molar refractivity (Wildman–Crippen MR) is 76.8 cm³/mol. The van der Waals surface area contributed by atoms with E-state index in [1.807, 2.05) is 18.2 Å². The zero-order valence-corrected chi connectivity index (χ0v) is 11.8. The minimum atomic E-state index is -0.252. The number of carbonyl (C=O) groups excluding carboxylic acids is 2. The summed E-state index contributed by atoms with van der Waals surface area (Å²) in [5.41, 5.74) is 0.896.